The molecule has 4 amide bonds. The molecule has 6 rings (SSSR count). The molecular weight excluding hydrogens is 817 g/mol. The van der Waals surface area contributed by atoms with Crippen LogP contribution in [0.1, 0.15) is 71.7 Å². The maximum Gasteiger partial charge on any atom is 0.407 e. The first-order chi connectivity index (χ1) is 30.6. The van der Waals surface area contributed by atoms with E-state index in [1.165, 1.54) is 14.2 Å². The van der Waals surface area contributed by atoms with Gasteiger partial charge >= 0.3 is 12.2 Å². The summed E-state index contributed by atoms with van der Waals surface area (Å²) in [5.74, 6) is 3.45. The van der Waals surface area contributed by atoms with Crippen molar-refractivity contribution in [2.24, 2.45) is 23.7 Å². The summed E-state index contributed by atoms with van der Waals surface area (Å²) in [6.45, 7) is 14.9. The maximum atomic E-state index is 14.2. The molecule has 0 radical (unpaired) electrons. The molecule has 2 aromatic heterocycles. The topological polar surface area (TPSA) is 193 Å². The number of H-pyrrole nitrogens is 2. The number of benzene rings is 3. The van der Waals surface area contributed by atoms with Crippen molar-refractivity contribution in [2.45, 2.75) is 79.7 Å². The van der Waals surface area contributed by atoms with Crippen LogP contribution in [0, 0.1) is 36.0 Å². The van der Waals surface area contributed by atoms with E-state index < -0.39 is 30.3 Å². The summed E-state index contributed by atoms with van der Waals surface area (Å²) in [5.41, 5.74) is 6.23. The first-order valence-corrected chi connectivity index (χ1v) is 21.6. The van der Waals surface area contributed by atoms with Gasteiger partial charge in [0.25, 0.3) is 0 Å². The molecule has 1 aliphatic heterocycles. The molecule has 0 aliphatic carbocycles. The number of hydrogen-bond donors (Lipinski definition) is 4. The number of imidazole rings is 2. The van der Waals surface area contributed by atoms with Gasteiger partial charge in [-0.3, -0.25) is 9.59 Å². The molecule has 5 aromatic rings. The van der Waals surface area contributed by atoms with Crippen molar-refractivity contribution in [2.75, 3.05) is 41.0 Å². The molecule has 1 aliphatic rings. The van der Waals surface area contributed by atoms with E-state index in [2.05, 4.69) is 49.7 Å². The minimum atomic E-state index is -0.811. The lowest BCUT2D eigenvalue weighted by Gasteiger charge is -2.34. The number of terminal acetylenes is 1. The van der Waals surface area contributed by atoms with Gasteiger partial charge in [0.1, 0.15) is 36.1 Å². The number of carbonyl (C=O) groups excluding carboxylic acids is 4. The van der Waals surface area contributed by atoms with E-state index in [-0.39, 0.29) is 48.6 Å². The van der Waals surface area contributed by atoms with Gasteiger partial charge in [-0.05, 0) is 77.9 Å². The Morgan fingerprint density at radius 1 is 0.859 bits per heavy atom. The third kappa shape index (κ3) is 10.3. The van der Waals surface area contributed by atoms with Gasteiger partial charge in [-0.2, -0.15) is 0 Å². The number of methoxy groups -OCH3 is 3. The van der Waals surface area contributed by atoms with E-state index in [0.717, 1.165) is 55.5 Å². The van der Waals surface area contributed by atoms with E-state index in [4.69, 9.17) is 30.4 Å². The Bertz CT molecular complexity index is 2540. The zero-order valence-electron chi connectivity index (χ0n) is 38.3. The molecule has 0 saturated heterocycles. The zero-order valence-corrected chi connectivity index (χ0v) is 38.3. The molecule has 0 saturated carbocycles. The molecule has 0 spiro atoms. The van der Waals surface area contributed by atoms with Crippen molar-refractivity contribution in [3.63, 3.8) is 0 Å². The fraction of sp³-hybridized carbons (Fsp3) is 0.458. The Kier molecular flexibility index (Phi) is 14.9. The average Bonchev–Trinajstić information content (AvgIpc) is 3.95. The third-order valence-electron chi connectivity index (χ3n) is 11.6. The number of ether oxygens (including phenoxy) is 4. The number of aromatic nitrogens is 4. The summed E-state index contributed by atoms with van der Waals surface area (Å²) < 4.78 is 21.4. The van der Waals surface area contributed by atoms with Crippen LogP contribution >= 0.6 is 0 Å². The molecule has 16 heteroatoms. The van der Waals surface area contributed by atoms with Crippen LogP contribution in [0.4, 0.5) is 9.59 Å². The number of hydrogen-bond acceptors (Lipinski definition) is 10. The fourth-order valence-electron chi connectivity index (χ4n) is 8.09. The summed E-state index contributed by atoms with van der Waals surface area (Å²) >= 11 is 0. The molecule has 0 unspecified atom stereocenters. The van der Waals surface area contributed by atoms with E-state index in [9.17, 15) is 19.2 Å². The van der Waals surface area contributed by atoms with E-state index in [1.807, 2.05) is 72.7 Å². The lowest BCUT2D eigenvalue weighted by molar-refractivity contribution is -0.138. The minimum absolute atomic E-state index is 0.00996. The van der Waals surface area contributed by atoms with Crippen LogP contribution in [0.5, 0.6) is 5.75 Å². The number of rotatable bonds is 17. The monoisotopic (exact) mass is 876 g/mol. The van der Waals surface area contributed by atoms with Gasteiger partial charge in [0, 0.05) is 37.1 Å². The second-order valence-corrected chi connectivity index (χ2v) is 17.3. The number of nitrogens with one attached hydrogen (secondary N) is 4. The van der Waals surface area contributed by atoms with Crippen molar-refractivity contribution in [3.8, 4) is 40.5 Å². The van der Waals surface area contributed by atoms with Crippen LogP contribution in [-0.4, -0.2) is 107 Å². The van der Waals surface area contributed by atoms with Crippen molar-refractivity contribution in [3.05, 3.63) is 65.9 Å². The van der Waals surface area contributed by atoms with Gasteiger partial charge in [0.2, 0.25) is 11.8 Å². The van der Waals surface area contributed by atoms with Gasteiger partial charge in [-0.15, -0.1) is 12.3 Å². The molecule has 4 N–H and O–H groups in total. The summed E-state index contributed by atoms with van der Waals surface area (Å²) in [4.78, 5) is 72.2. The number of nitrogens with zero attached hydrogens (tertiary/aromatic N) is 4. The van der Waals surface area contributed by atoms with Crippen LogP contribution in [-0.2, 0) is 37.0 Å². The Morgan fingerprint density at radius 2 is 1.55 bits per heavy atom. The highest BCUT2D eigenvalue weighted by molar-refractivity contribution is 6.07. The predicted molar refractivity (Wildman–Crippen MR) is 244 cm³/mol. The largest absolute Gasteiger partial charge is 0.488 e. The van der Waals surface area contributed by atoms with Gasteiger partial charge in [0.15, 0.2) is 0 Å². The Hall–Kier alpha value is -6.60. The average molecular weight is 877 g/mol. The molecule has 0 bridgehead atoms. The Labute approximate surface area is 374 Å². The van der Waals surface area contributed by atoms with Gasteiger partial charge in [-0.1, -0.05) is 52.8 Å². The summed E-state index contributed by atoms with van der Waals surface area (Å²) in [7, 11) is 4.17. The molecule has 64 heavy (non-hydrogen) atoms. The predicted octanol–water partition coefficient (Wildman–Crippen LogP) is 7.20. The second-order valence-electron chi connectivity index (χ2n) is 17.3. The van der Waals surface area contributed by atoms with Gasteiger partial charge in [0.05, 0.1) is 56.3 Å². The first kappa shape index (κ1) is 46.9. The van der Waals surface area contributed by atoms with E-state index in [1.54, 1.807) is 23.1 Å². The smallest absolute Gasteiger partial charge is 0.407 e. The Morgan fingerprint density at radius 3 is 2.19 bits per heavy atom. The van der Waals surface area contributed by atoms with Gasteiger partial charge in [-0.25, -0.2) is 19.6 Å². The molecule has 16 nitrogen and oxygen atoms in total. The summed E-state index contributed by atoms with van der Waals surface area (Å²) in [5, 5.41) is 7.26. The summed E-state index contributed by atoms with van der Waals surface area (Å²) in [6.07, 6.45) is 6.08. The van der Waals surface area contributed by atoms with Crippen molar-refractivity contribution in [1.29, 1.82) is 0 Å². The fourth-order valence-corrected chi connectivity index (χ4v) is 8.09. The number of aromatic amines is 2. The molecule has 3 aromatic carbocycles. The Balaban J connectivity index is 1.26. The van der Waals surface area contributed by atoms with Crippen LogP contribution in [0.15, 0.2) is 48.7 Å². The SMILES string of the molecule is C#C[C@@H](C)CN(Cc1ncc(-c2ccc3c(c2)COc2cc4c(ccc5[nH]c([C@H](C)N(C[C@H](C)COC)C(=O)[C@@H](NC(=O)OC)C(C)C)nc54)cc2-3)[nH]1)C(=O)[C@@H](NC(=O)OC)C(C)C. The molecule has 340 valence electrons. The quantitative estimate of drug-likeness (QED) is 0.0695. The summed E-state index contributed by atoms with van der Waals surface area (Å²) in [6, 6.07) is 12.3. The number of fused-ring (bicyclic) bond motifs is 6. The van der Waals surface area contributed by atoms with Gasteiger partial charge < -0.3 is 49.3 Å². The first-order valence-electron chi connectivity index (χ1n) is 21.6. The lowest BCUT2D eigenvalue weighted by atomic mass is 9.92. The van der Waals surface area contributed by atoms with Crippen LogP contribution in [0.25, 0.3) is 44.2 Å². The van der Waals surface area contributed by atoms with Crippen LogP contribution in [0.2, 0.25) is 0 Å². The third-order valence-corrected chi connectivity index (χ3v) is 11.6. The minimum Gasteiger partial charge on any atom is -0.488 e. The number of alkyl carbamates (subject to hydrolysis) is 2. The van der Waals surface area contributed by atoms with Crippen LogP contribution in [0.3, 0.4) is 0 Å². The molecular formula is C48H60N8O8. The lowest BCUT2D eigenvalue weighted by Crippen LogP contribution is -2.53. The molecule has 0 fully saturated rings. The second kappa shape index (κ2) is 20.3. The zero-order chi connectivity index (χ0) is 46.4. The highest BCUT2D eigenvalue weighted by atomic mass is 16.5. The normalized spacial score (nSPS) is 14.4. The molecule has 3 heterocycles. The standard InChI is InChI=1S/C48H60N8O8/c1-12-28(6)21-55(45(57)41(26(2)3)53-47(59)62-10)23-40-49-20-38(50-40)32-13-15-34-33(17-32)25-64-39-19-35-31(18-36(34)39)14-16-37-43(35)52-44(51-37)30(8)56(22-29(7)24-61-9)46(58)42(27(4)5)54-48(60)63-11/h1,13-20,26-30,41-42H,21-25H2,2-11H3,(H,49,50)(H,51,52)(H,53,59)(H,54,60)/t28-,29+,30+,41+,42+/m1/s1. The van der Waals surface area contributed by atoms with E-state index in [0.29, 0.717) is 31.4 Å². The number of carbonyl (C=O) groups is 4. The molecule has 5 atom stereocenters. The highest BCUT2D eigenvalue weighted by Crippen LogP contribution is 2.43. The van der Waals surface area contributed by atoms with Crippen molar-refractivity contribution in [1.82, 2.24) is 40.4 Å². The highest BCUT2D eigenvalue weighted by Gasteiger charge is 2.35. The number of amides is 4. The van der Waals surface area contributed by atoms with Crippen LogP contribution < -0.4 is 15.4 Å². The maximum absolute atomic E-state index is 14.2. The van der Waals surface area contributed by atoms with E-state index >= 15 is 0 Å². The van der Waals surface area contributed by atoms with Crippen molar-refractivity contribution >= 4 is 45.8 Å². The van der Waals surface area contributed by atoms with Crippen molar-refractivity contribution < 1.29 is 38.1 Å².